The third-order valence-corrected chi connectivity index (χ3v) is 3.56. The molecule has 0 saturated carbocycles. The van der Waals surface area contributed by atoms with Gasteiger partial charge in [-0.15, -0.1) is 0 Å². The van der Waals surface area contributed by atoms with E-state index in [-0.39, 0.29) is 5.56 Å². The lowest BCUT2D eigenvalue weighted by atomic mass is 9.76. The fourth-order valence-corrected chi connectivity index (χ4v) is 2.53. The number of hydrogen-bond donors (Lipinski definition) is 0. The number of rotatable bonds is 1. The Balaban J connectivity index is 2.66. The van der Waals surface area contributed by atoms with Gasteiger partial charge < -0.3 is 0 Å². The van der Waals surface area contributed by atoms with Gasteiger partial charge in [0.25, 0.3) is 0 Å². The molecule has 0 aromatic heterocycles. The minimum absolute atomic E-state index is 0.0979. The van der Waals surface area contributed by atoms with Crippen molar-refractivity contribution in [2.75, 3.05) is 0 Å². The van der Waals surface area contributed by atoms with Crippen molar-refractivity contribution in [2.45, 2.75) is 19.8 Å². The summed E-state index contributed by atoms with van der Waals surface area (Å²) in [6.45, 7) is 3.44. The Morgan fingerprint density at radius 2 is 1.86 bits per heavy atom. The molecule has 5 heteroatoms. The zero-order valence-corrected chi connectivity index (χ0v) is 11.6. The maximum absolute atomic E-state index is 13.5. The summed E-state index contributed by atoms with van der Waals surface area (Å²) in [6, 6.07) is 10.1. The highest BCUT2D eigenvalue weighted by molar-refractivity contribution is 5.90. The van der Waals surface area contributed by atoms with Gasteiger partial charge in [-0.3, -0.25) is 4.99 Å². The summed E-state index contributed by atoms with van der Waals surface area (Å²) in [6.07, 6.45) is 0. The second-order valence-electron chi connectivity index (χ2n) is 4.80. The van der Waals surface area contributed by atoms with Crippen LogP contribution < -0.4 is 0 Å². The van der Waals surface area contributed by atoms with Crippen LogP contribution in [0.4, 0.5) is 4.39 Å². The molecule has 1 aliphatic heterocycles. The number of allylic oxidation sites excluding steroid dienone is 2. The van der Waals surface area contributed by atoms with Gasteiger partial charge in [0, 0.05) is 11.6 Å². The number of nitrogens with zero attached hydrogens (tertiary/aromatic N) is 4. The van der Waals surface area contributed by atoms with Crippen LogP contribution in [0.3, 0.4) is 0 Å². The molecule has 0 aliphatic carbocycles. The molecule has 0 N–H and O–H groups in total. The molecule has 0 fully saturated rings. The van der Waals surface area contributed by atoms with E-state index in [0.29, 0.717) is 22.5 Å². The Labute approximate surface area is 122 Å². The largest absolute Gasteiger partial charge is 0.260 e. The molecule has 1 heterocycles. The van der Waals surface area contributed by atoms with Gasteiger partial charge in [-0.25, -0.2) is 4.39 Å². The highest BCUT2D eigenvalue weighted by Gasteiger charge is 2.34. The van der Waals surface area contributed by atoms with Crippen LogP contribution in [0.1, 0.15) is 30.9 Å². The van der Waals surface area contributed by atoms with E-state index in [1.807, 2.05) is 0 Å². The van der Waals surface area contributed by atoms with Crippen molar-refractivity contribution in [1.29, 1.82) is 15.8 Å². The van der Waals surface area contributed by atoms with E-state index in [9.17, 15) is 14.9 Å². The maximum atomic E-state index is 13.5. The molecule has 1 aromatic rings. The van der Waals surface area contributed by atoms with E-state index in [4.69, 9.17) is 5.26 Å². The fourth-order valence-electron chi connectivity index (χ4n) is 2.53. The number of halogens is 1. The molecule has 0 spiro atoms. The molecule has 4 nitrogen and oxygen atoms in total. The summed E-state index contributed by atoms with van der Waals surface area (Å²) in [4.78, 5) is 4.24. The molecule has 21 heavy (non-hydrogen) atoms. The van der Waals surface area contributed by atoms with Crippen molar-refractivity contribution in [2.24, 2.45) is 10.9 Å². The monoisotopic (exact) mass is 278 g/mol. The summed E-state index contributed by atoms with van der Waals surface area (Å²) in [7, 11) is 0. The molecule has 2 unspecified atom stereocenters. The van der Waals surface area contributed by atoms with Gasteiger partial charge in [0.1, 0.15) is 11.9 Å². The lowest BCUT2D eigenvalue weighted by molar-refractivity contribution is 0.620. The minimum Gasteiger partial charge on any atom is -0.260 e. The van der Waals surface area contributed by atoms with Gasteiger partial charge in [0.05, 0.1) is 34.9 Å². The molecule has 2 rings (SSSR count). The molecular weight excluding hydrogens is 267 g/mol. The van der Waals surface area contributed by atoms with Crippen LogP contribution >= 0.6 is 0 Å². The minimum atomic E-state index is -0.616. The van der Waals surface area contributed by atoms with E-state index in [1.54, 1.807) is 19.9 Å². The lowest BCUT2D eigenvalue weighted by Gasteiger charge is -2.26. The van der Waals surface area contributed by atoms with Gasteiger partial charge >= 0.3 is 0 Å². The van der Waals surface area contributed by atoms with Crippen LogP contribution in [0, 0.1) is 45.7 Å². The molecule has 102 valence electrons. The molecule has 0 bridgehead atoms. The van der Waals surface area contributed by atoms with Crippen molar-refractivity contribution in [3.8, 4) is 18.2 Å². The van der Waals surface area contributed by atoms with Gasteiger partial charge in [-0.1, -0.05) is 6.07 Å². The van der Waals surface area contributed by atoms with E-state index >= 15 is 0 Å². The van der Waals surface area contributed by atoms with Crippen LogP contribution in [0.15, 0.2) is 34.5 Å². The average molecular weight is 278 g/mol. The highest BCUT2D eigenvalue weighted by atomic mass is 19.1. The van der Waals surface area contributed by atoms with Crippen LogP contribution in [0.2, 0.25) is 0 Å². The van der Waals surface area contributed by atoms with Crippen molar-refractivity contribution in [1.82, 2.24) is 0 Å². The Morgan fingerprint density at radius 1 is 1.14 bits per heavy atom. The van der Waals surface area contributed by atoms with Gasteiger partial charge in [-0.05, 0) is 31.5 Å². The van der Waals surface area contributed by atoms with Crippen LogP contribution in [-0.2, 0) is 0 Å². The lowest BCUT2D eigenvalue weighted by Crippen LogP contribution is -2.24. The summed E-state index contributed by atoms with van der Waals surface area (Å²) in [5, 5.41) is 27.7. The fraction of sp³-hybridized carbons (Fsp3) is 0.250. The van der Waals surface area contributed by atoms with Crippen LogP contribution in [-0.4, -0.2) is 5.71 Å². The summed E-state index contributed by atoms with van der Waals surface area (Å²) in [5.41, 5.74) is 2.02. The first-order chi connectivity index (χ1) is 10.0. The number of hydrogen-bond acceptors (Lipinski definition) is 4. The Kier molecular flexibility index (Phi) is 3.83. The highest BCUT2D eigenvalue weighted by Crippen LogP contribution is 2.38. The van der Waals surface area contributed by atoms with E-state index in [0.717, 1.165) is 0 Å². The predicted octanol–water partition coefficient (Wildman–Crippen LogP) is 3.19. The normalized spacial score (nSPS) is 21.0. The zero-order chi connectivity index (χ0) is 15.6. The van der Waals surface area contributed by atoms with Crippen molar-refractivity contribution in [3.05, 3.63) is 46.4 Å². The van der Waals surface area contributed by atoms with Crippen molar-refractivity contribution in [3.63, 3.8) is 0 Å². The molecule has 0 amide bonds. The Hall–Kier alpha value is -2.97. The molecular formula is C16H11FN4. The number of nitriles is 3. The molecule has 0 radical (unpaired) electrons. The standard InChI is InChI=1S/C16H11FN4/c1-9-13(7-19)16(14(8-20)10(2)21-9)11-3-4-15(17)12(5-11)6-18/h3-5,13,16H,1-2H3. The van der Waals surface area contributed by atoms with Gasteiger partial charge in [0.2, 0.25) is 0 Å². The summed E-state index contributed by atoms with van der Waals surface area (Å²) < 4.78 is 13.5. The number of benzene rings is 1. The second-order valence-corrected chi connectivity index (χ2v) is 4.80. The maximum Gasteiger partial charge on any atom is 0.140 e. The molecule has 1 aliphatic rings. The van der Waals surface area contributed by atoms with E-state index < -0.39 is 17.7 Å². The predicted molar refractivity (Wildman–Crippen MR) is 74.4 cm³/mol. The topological polar surface area (TPSA) is 83.7 Å². The van der Waals surface area contributed by atoms with E-state index in [2.05, 4.69) is 17.1 Å². The van der Waals surface area contributed by atoms with Crippen LogP contribution in [0.25, 0.3) is 0 Å². The third kappa shape index (κ3) is 2.40. The summed E-state index contributed by atoms with van der Waals surface area (Å²) >= 11 is 0. The summed E-state index contributed by atoms with van der Waals surface area (Å²) in [5.74, 6) is -1.74. The first kappa shape index (κ1) is 14.4. The Morgan fingerprint density at radius 3 is 2.43 bits per heavy atom. The second kappa shape index (κ2) is 5.57. The SMILES string of the molecule is CC1=NC(C)=C(C#N)C(c2ccc(F)c(C#N)c2)C1C#N. The number of aliphatic imine (C=N–C) groups is 1. The smallest absolute Gasteiger partial charge is 0.140 e. The molecule has 2 atom stereocenters. The Bertz CT molecular complexity index is 784. The third-order valence-electron chi connectivity index (χ3n) is 3.56. The first-order valence-electron chi connectivity index (χ1n) is 6.28. The first-order valence-corrected chi connectivity index (χ1v) is 6.28. The average Bonchev–Trinajstić information content (AvgIpc) is 2.47. The van der Waals surface area contributed by atoms with E-state index in [1.165, 1.54) is 18.2 Å². The molecule has 0 saturated heterocycles. The van der Waals surface area contributed by atoms with Crippen molar-refractivity contribution >= 4 is 5.71 Å². The zero-order valence-electron chi connectivity index (χ0n) is 11.6. The van der Waals surface area contributed by atoms with Gasteiger partial charge in [0.15, 0.2) is 0 Å². The molecule has 1 aromatic carbocycles. The quantitative estimate of drug-likeness (QED) is 0.790. The van der Waals surface area contributed by atoms with Crippen LogP contribution in [0.5, 0.6) is 0 Å². The van der Waals surface area contributed by atoms with Gasteiger partial charge in [-0.2, -0.15) is 15.8 Å². The van der Waals surface area contributed by atoms with Crippen molar-refractivity contribution < 1.29 is 4.39 Å².